The highest BCUT2D eigenvalue weighted by atomic mass is 32.2. The van der Waals surface area contributed by atoms with E-state index in [0.717, 1.165) is 71.0 Å². The lowest BCUT2D eigenvalue weighted by Gasteiger charge is -2.20. The van der Waals surface area contributed by atoms with Gasteiger partial charge < -0.3 is 9.15 Å². The third kappa shape index (κ3) is 4.55. The lowest BCUT2D eigenvalue weighted by atomic mass is 9.98. The molecular weight excluding hydrogens is 575 g/mol. The lowest BCUT2D eigenvalue weighted by molar-refractivity contribution is 0.455. The molecule has 0 spiro atoms. The first-order valence-corrected chi connectivity index (χ1v) is 15.5. The van der Waals surface area contributed by atoms with E-state index in [1.807, 2.05) is 97.1 Å². The van der Waals surface area contributed by atoms with Gasteiger partial charge in [0.25, 0.3) is 0 Å². The number of hydrogen-bond acceptors (Lipinski definition) is 6. The maximum absolute atomic E-state index is 6.46. The molecule has 0 radical (unpaired) electrons. The number of para-hydroxylation sites is 1. The molecule has 0 fully saturated rings. The van der Waals surface area contributed by atoms with Crippen LogP contribution in [0.3, 0.4) is 0 Å². The van der Waals surface area contributed by atoms with Gasteiger partial charge in [-0.3, -0.25) is 0 Å². The summed E-state index contributed by atoms with van der Waals surface area (Å²) in [6.45, 7) is 0. The Kier molecular flexibility index (Phi) is 5.99. The highest BCUT2D eigenvalue weighted by Crippen LogP contribution is 2.48. The van der Waals surface area contributed by atoms with Crippen molar-refractivity contribution < 1.29 is 9.15 Å². The number of benzene rings is 6. The zero-order valence-corrected chi connectivity index (χ0v) is 24.7. The van der Waals surface area contributed by atoms with E-state index in [1.54, 1.807) is 11.8 Å². The molecule has 0 aliphatic carbocycles. The highest BCUT2D eigenvalue weighted by molar-refractivity contribution is 7.99. The predicted molar refractivity (Wildman–Crippen MR) is 179 cm³/mol. The standard InChI is InChI=1S/C39H23N3O2S/c1-3-10-24(11-4-1)37-40-38(25-12-5-2-6-13-25)42-39(41-37)27-18-20-29-32(23-27)44-31-16-9-14-28(36(29)31)26-19-21-35-33(22-26)43-30-15-7-8-17-34(30)45-35/h1-23H. The Bertz CT molecular complexity index is 2330. The highest BCUT2D eigenvalue weighted by Gasteiger charge is 2.20. The molecule has 1 aliphatic heterocycles. The number of aromatic nitrogens is 3. The third-order valence-corrected chi connectivity index (χ3v) is 9.11. The minimum Gasteiger partial charge on any atom is -0.456 e. The Hall–Kier alpha value is -5.72. The van der Waals surface area contributed by atoms with Gasteiger partial charge in [-0.1, -0.05) is 109 Å². The van der Waals surface area contributed by atoms with E-state index < -0.39 is 0 Å². The van der Waals surface area contributed by atoms with E-state index in [2.05, 4.69) is 42.5 Å². The Morgan fingerprint density at radius 1 is 0.444 bits per heavy atom. The quantitative estimate of drug-likeness (QED) is 0.201. The number of fused-ring (bicyclic) bond motifs is 5. The van der Waals surface area contributed by atoms with Gasteiger partial charge >= 0.3 is 0 Å². The number of rotatable bonds is 4. The maximum Gasteiger partial charge on any atom is 0.164 e. The summed E-state index contributed by atoms with van der Waals surface area (Å²) >= 11 is 1.73. The van der Waals surface area contributed by atoms with Gasteiger partial charge in [-0.05, 0) is 53.6 Å². The summed E-state index contributed by atoms with van der Waals surface area (Å²) in [5.74, 6) is 3.59. The number of hydrogen-bond donors (Lipinski definition) is 0. The summed E-state index contributed by atoms with van der Waals surface area (Å²) in [6.07, 6.45) is 0. The Labute approximate surface area is 263 Å². The molecule has 0 saturated heterocycles. The predicted octanol–water partition coefficient (Wildman–Crippen LogP) is 10.7. The van der Waals surface area contributed by atoms with Gasteiger partial charge in [0.1, 0.15) is 22.7 Å². The molecule has 0 unspecified atom stereocenters. The molecule has 8 aromatic rings. The summed E-state index contributed by atoms with van der Waals surface area (Å²) in [6, 6.07) is 47.0. The van der Waals surface area contributed by atoms with E-state index in [1.165, 1.54) is 0 Å². The van der Waals surface area contributed by atoms with E-state index in [0.29, 0.717) is 17.5 Å². The SMILES string of the molecule is c1ccc(-c2nc(-c3ccccc3)nc(-c3ccc4c(c3)oc3cccc(-c5ccc6c(c5)Oc5ccccc5S6)c34)n2)cc1. The van der Waals surface area contributed by atoms with Crippen molar-refractivity contribution in [3.8, 4) is 56.8 Å². The first kappa shape index (κ1) is 25.7. The first-order valence-electron chi connectivity index (χ1n) is 14.7. The monoisotopic (exact) mass is 597 g/mol. The molecule has 1 aliphatic rings. The molecule has 9 rings (SSSR count). The summed E-state index contributed by atoms with van der Waals surface area (Å²) < 4.78 is 12.8. The first-order chi connectivity index (χ1) is 22.3. The largest absolute Gasteiger partial charge is 0.456 e. The molecule has 0 atom stereocenters. The van der Waals surface area contributed by atoms with Crippen LogP contribution in [-0.4, -0.2) is 15.0 Å². The molecular formula is C39H23N3O2S. The van der Waals surface area contributed by atoms with Gasteiger partial charge in [0.05, 0.1) is 9.79 Å². The van der Waals surface area contributed by atoms with Gasteiger partial charge in [-0.25, -0.2) is 15.0 Å². The van der Waals surface area contributed by atoms with Gasteiger partial charge in [-0.2, -0.15) is 0 Å². The Morgan fingerprint density at radius 3 is 1.84 bits per heavy atom. The average molecular weight is 598 g/mol. The molecule has 212 valence electrons. The van der Waals surface area contributed by atoms with Crippen molar-refractivity contribution in [3.05, 3.63) is 140 Å². The van der Waals surface area contributed by atoms with E-state index in [-0.39, 0.29) is 0 Å². The topological polar surface area (TPSA) is 61.0 Å². The van der Waals surface area contributed by atoms with Crippen molar-refractivity contribution in [2.75, 3.05) is 0 Å². The van der Waals surface area contributed by atoms with Crippen LogP contribution in [0.5, 0.6) is 11.5 Å². The van der Waals surface area contributed by atoms with Crippen LogP contribution in [0, 0.1) is 0 Å². The van der Waals surface area contributed by atoms with Gasteiger partial charge in [0.15, 0.2) is 17.5 Å². The van der Waals surface area contributed by atoms with Crippen LogP contribution in [0.2, 0.25) is 0 Å². The number of ether oxygens (including phenoxy) is 1. The van der Waals surface area contributed by atoms with Crippen LogP contribution in [0.4, 0.5) is 0 Å². The normalized spacial score (nSPS) is 12.1. The van der Waals surface area contributed by atoms with E-state index >= 15 is 0 Å². The van der Waals surface area contributed by atoms with Crippen molar-refractivity contribution in [2.45, 2.75) is 9.79 Å². The fourth-order valence-corrected chi connectivity index (χ4v) is 6.77. The van der Waals surface area contributed by atoms with Crippen LogP contribution in [0.15, 0.2) is 154 Å². The molecule has 6 aromatic carbocycles. The summed E-state index contributed by atoms with van der Waals surface area (Å²) in [5.41, 5.74) is 6.49. The summed E-state index contributed by atoms with van der Waals surface area (Å²) in [5, 5.41) is 2.09. The number of furan rings is 1. The molecule has 45 heavy (non-hydrogen) atoms. The van der Waals surface area contributed by atoms with Crippen molar-refractivity contribution in [1.29, 1.82) is 0 Å². The summed E-state index contributed by atoms with van der Waals surface area (Å²) in [4.78, 5) is 16.9. The molecule has 5 nitrogen and oxygen atoms in total. The number of nitrogens with zero attached hydrogens (tertiary/aromatic N) is 3. The van der Waals surface area contributed by atoms with E-state index in [4.69, 9.17) is 24.1 Å². The van der Waals surface area contributed by atoms with Crippen LogP contribution in [0.25, 0.3) is 67.2 Å². The average Bonchev–Trinajstić information content (AvgIpc) is 3.49. The molecule has 3 heterocycles. The third-order valence-electron chi connectivity index (χ3n) is 8.00. The minimum atomic E-state index is 0.593. The fourth-order valence-electron chi connectivity index (χ4n) is 5.84. The smallest absolute Gasteiger partial charge is 0.164 e. The summed E-state index contributed by atoms with van der Waals surface area (Å²) in [7, 11) is 0. The van der Waals surface area contributed by atoms with Crippen molar-refractivity contribution >= 4 is 33.7 Å². The second-order valence-corrected chi connectivity index (χ2v) is 11.9. The van der Waals surface area contributed by atoms with Crippen molar-refractivity contribution in [1.82, 2.24) is 15.0 Å². The molecule has 0 amide bonds. The Morgan fingerprint density at radius 2 is 1.09 bits per heavy atom. The second kappa shape index (κ2) is 10.5. The van der Waals surface area contributed by atoms with Gasteiger partial charge in [-0.15, -0.1) is 0 Å². The van der Waals surface area contributed by atoms with Crippen LogP contribution >= 0.6 is 11.8 Å². The van der Waals surface area contributed by atoms with Gasteiger partial charge in [0.2, 0.25) is 0 Å². The van der Waals surface area contributed by atoms with Crippen LogP contribution in [-0.2, 0) is 0 Å². The fraction of sp³-hybridized carbons (Fsp3) is 0. The maximum atomic E-state index is 6.46. The lowest BCUT2D eigenvalue weighted by Crippen LogP contribution is -2.00. The molecule has 0 N–H and O–H groups in total. The van der Waals surface area contributed by atoms with Crippen LogP contribution in [0.1, 0.15) is 0 Å². The van der Waals surface area contributed by atoms with Gasteiger partial charge in [0, 0.05) is 27.5 Å². The molecule has 0 saturated carbocycles. The zero-order valence-electron chi connectivity index (χ0n) is 23.8. The molecule has 2 aromatic heterocycles. The van der Waals surface area contributed by atoms with Crippen molar-refractivity contribution in [3.63, 3.8) is 0 Å². The van der Waals surface area contributed by atoms with Crippen LogP contribution < -0.4 is 4.74 Å². The molecule has 0 bridgehead atoms. The zero-order chi connectivity index (χ0) is 29.7. The second-order valence-electron chi connectivity index (χ2n) is 10.8. The Balaban J connectivity index is 1.16. The van der Waals surface area contributed by atoms with E-state index in [9.17, 15) is 0 Å². The molecule has 6 heteroatoms. The van der Waals surface area contributed by atoms with Crippen molar-refractivity contribution in [2.24, 2.45) is 0 Å². The minimum absolute atomic E-state index is 0.593.